The minimum absolute atomic E-state index is 0.01000. The first kappa shape index (κ1) is 13.2. The molecule has 3 heteroatoms. The molecule has 0 heterocycles. The third-order valence-electron chi connectivity index (χ3n) is 2.41. The number of phenols is 1. The van der Waals surface area contributed by atoms with Crippen LogP contribution in [0.25, 0.3) is 6.08 Å². The fourth-order valence-corrected chi connectivity index (χ4v) is 1.50. The van der Waals surface area contributed by atoms with Gasteiger partial charge in [-0.3, -0.25) is 4.79 Å². The van der Waals surface area contributed by atoms with Gasteiger partial charge in [-0.25, -0.2) is 0 Å². The van der Waals surface area contributed by atoms with Crippen molar-refractivity contribution in [1.29, 1.82) is 0 Å². The average Bonchev–Trinajstić information content (AvgIpc) is 2.34. The van der Waals surface area contributed by atoms with Crippen molar-refractivity contribution in [3.05, 3.63) is 47.6 Å². The summed E-state index contributed by atoms with van der Waals surface area (Å²) in [5.74, 6) is -0.115. The Morgan fingerprint density at radius 1 is 1.35 bits per heavy atom. The molecule has 0 aliphatic carbocycles. The minimum atomic E-state index is -0.0816. The van der Waals surface area contributed by atoms with Gasteiger partial charge in [-0.15, -0.1) is 0 Å². The smallest absolute Gasteiger partial charge is 0.154 e. The van der Waals surface area contributed by atoms with Crippen molar-refractivity contribution in [1.82, 2.24) is 0 Å². The number of rotatable bonds is 5. The lowest BCUT2D eigenvalue weighted by molar-refractivity contribution is 0.112. The Bertz CT molecular complexity index is 433. The minimum Gasteiger partial charge on any atom is -0.507 e. The molecular formula is C14H16O3. The second-order valence-corrected chi connectivity index (χ2v) is 3.63. The molecule has 1 atom stereocenters. The van der Waals surface area contributed by atoms with Crippen LogP contribution in [0.3, 0.4) is 0 Å². The fraction of sp³-hybridized carbons (Fsp3) is 0.214. The van der Waals surface area contributed by atoms with Crippen molar-refractivity contribution < 1.29 is 15.0 Å². The zero-order chi connectivity index (χ0) is 12.7. The maximum atomic E-state index is 10.8. The molecule has 0 aromatic heterocycles. The maximum absolute atomic E-state index is 10.8. The van der Waals surface area contributed by atoms with Crippen molar-refractivity contribution in [3.8, 4) is 5.75 Å². The van der Waals surface area contributed by atoms with Gasteiger partial charge >= 0.3 is 0 Å². The normalized spacial score (nSPS) is 13.3. The van der Waals surface area contributed by atoms with Gasteiger partial charge in [0.2, 0.25) is 0 Å². The van der Waals surface area contributed by atoms with Gasteiger partial charge < -0.3 is 10.2 Å². The predicted molar refractivity (Wildman–Crippen MR) is 67.9 cm³/mol. The molecule has 0 radical (unpaired) electrons. The summed E-state index contributed by atoms with van der Waals surface area (Å²) in [6.45, 7) is 1.89. The maximum Gasteiger partial charge on any atom is 0.154 e. The number of aldehydes is 1. The number of hydrogen-bond donors (Lipinski definition) is 2. The largest absolute Gasteiger partial charge is 0.507 e. The zero-order valence-electron chi connectivity index (χ0n) is 9.71. The van der Waals surface area contributed by atoms with Gasteiger partial charge in [-0.2, -0.15) is 0 Å². The highest BCUT2D eigenvalue weighted by Crippen LogP contribution is 2.20. The van der Waals surface area contributed by atoms with E-state index in [4.69, 9.17) is 5.11 Å². The van der Waals surface area contributed by atoms with Gasteiger partial charge in [0.1, 0.15) is 5.75 Å². The summed E-state index contributed by atoms with van der Waals surface area (Å²) < 4.78 is 0. The molecule has 17 heavy (non-hydrogen) atoms. The predicted octanol–water partition coefficient (Wildman–Crippen LogP) is 2.40. The number of allylic oxidation sites excluding steroid dienone is 1. The summed E-state index contributed by atoms with van der Waals surface area (Å²) in [6, 6.07) is 4.88. The van der Waals surface area contributed by atoms with E-state index in [2.05, 4.69) is 0 Å². The van der Waals surface area contributed by atoms with Gasteiger partial charge in [0, 0.05) is 5.92 Å². The summed E-state index contributed by atoms with van der Waals surface area (Å²) in [5.41, 5.74) is 0.906. The summed E-state index contributed by atoms with van der Waals surface area (Å²) in [4.78, 5) is 10.8. The highest BCUT2D eigenvalue weighted by molar-refractivity contribution is 5.85. The van der Waals surface area contributed by atoms with Crippen LogP contribution in [0.4, 0.5) is 0 Å². The molecule has 1 rings (SSSR count). The van der Waals surface area contributed by atoms with Crippen LogP contribution in [0.1, 0.15) is 22.8 Å². The van der Waals surface area contributed by atoms with E-state index >= 15 is 0 Å². The van der Waals surface area contributed by atoms with Crippen molar-refractivity contribution in [2.24, 2.45) is 5.92 Å². The monoisotopic (exact) mass is 232 g/mol. The molecule has 90 valence electrons. The van der Waals surface area contributed by atoms with Crippen molar-refractivity contribution in [3.63, 3.8) is 0 Å². The van der Waals surface area contributed by atoms with Crippen LogP contribution in [0, 0.1) is 5.92 Å². The topological polar surface area (TPSA) is 57.5 Å². The molecule has 0 aliphatic rings. The van der Waals surface area contributed by atoms with E-state index in [-0.39, 0.29) is 23.8 Å². The molecule has 0 saturated carbocycles. The molecule has 0 fully saturated rings. The van der Waals surface area contributed by atoms with Crippen molar-refractivity contribution in [2.45, 2.75) is 6.92 Å². The first-order chi connectivity index (χ1) is 8.22. The number of carbonyl (C=O) groups excluding carboxylic acids is 1. The zero-order valence-corrected chi connectivity index (χ0v) is 9.71. The van der Waals surface area contributed by atoms with Gasteiger partial charge in [-0.1, -0.05) is 36.4 Å². The Balaban J connectivity index is 2.98. The Labute approximate surface area is 101 Å². The molecule has 0 saturated heterocycles. The van der Waals surface area contributed by atoms with Gasteiger partial charge in [-0.05, 0) is 18.6 Å². The molecule has 0 unspecified atom stereocenters. The fourth-order valence-electron chi connectivity index (χ4n) is 1.50. The van der Waals surface area contributed by atoms with Gasteiger partial charge in [0.15, 0.2) is 6.29 Å². The van der Waals surface area contributed by atoms with Crippen molar-refractivity contribution >= 4 is 12.4 Å². The van der Waals surface area contributed by atoms with E-state index < -0.39 is 0 Å². The lowest BCUT2D eigenvalue weighted by Crippen LogP contribution is -1.97. The van der Waals surface area contributed by atoms with Crippen molar-refractivity contribution in [2.75, 3.05) is 6.61 Å². The van der Waals surface area contributed by atoms with E-state index in [1.807, 2.05) is 19.1 Å². The Kier molecular flexibility index (Phi) is 5.17. The quantitative estimate of drug-likeness (QED) is 0.605. The lowest BCUT2D eigenvalue weighted by atomic mass is 10.0. The van der Waals surface area contributed by atoms with Crippen LogP contribution in [0.2, 0.25) is 0 Å². The Hall–Kier alpha value is -1.87. The number of carbonyl (C=O) groups is 1. The number of phenolic OH excluding ortho intramolecular Hbond substituents is 1. The highest BCUT2D eigenvalue weighted by atomic mass is 16.3. The molecule has 1 aromatic rings. The average molecular weight is 232 g/mol. The summed E-state index contributed by atoms with van der Waals surface area (Å²) in [5, 5.41) is 18.6. The second kappa shape index (κ2) is 6.66. The molecule has 0 aliphatic heterocycles. The first-order valence-electron chi connectivity index (χ1n) is 5.42. The van der Waals surface area contributed by atoms with E-state index in [1.165, 1.54) is 6.07 Å². The summed E-state index contributed by atoms with van der Waals surface area (Å²) in [7, 11) is 0. The third-order valence-corrected chi connectivity index (χ3v) is 2.41. The van der Waals surface area contributed by atoms with E-state index in [0.29, 0.717) is 11.8 Å². The Morgan fingerprint density at radius 3 is 2.71 bits per heavy atom. The number of aliphatic hydroxyl groups is 1. The number of hydrogen-bond acceptors (Lipinski definition) is 3. The molecule has 3 nitrogen and oxygen atoms in total. The van der Waals surface area contributed by atoms with Gasteiger partial charge in [0.05, 0.1) is 12.2 Å². The van der Waals surface area contributed by atoms with Gasteiger partial charge in [0.25, 0.3) is 0 Å². The van der Waals surface area contributed by atoms with Crippen LogP contribution < -0.4 is 0 Å². The summed E-state index contributed by atoms with van der Waals surface area (Å²) in [6.07, 6.45) is 7.86. The summed E-state index contributed by atoms with van der Waals surface area (Å²) >= 11 is 0. The number of aliphatic hydroxyl groups excluding tert-OH is 1. The SMILES string of the molecule is C/C=C/[C@@H](/C=C/c1cccc(O)c1C=O)CO. The molecule has 0 spiro atoms. The lowest BCUT2D eigenvalue weighted by Gasteiger charge is -2.04. The second-order valence-electron chi connectivity index (χ2n) is 3.63. The van der Waals surface area contributed by atoms with Crippen LogP contribution in [0.15, 0.2) is 36.4 Å². The van der Waals surface area contributed by atoms with Crippen LogP contribution in [-0.2, 0) is 0 Å². The van der Waals surface area contributed by atoms with E-state index in [9.17, 15) is 9.90 Å². The number of benzene rings is 1. The first-order valence-corrected chi connectivity index (χ1v) is 5.42. The van der Waals surface area contributed by atoms with Crippen LogP contribution in [0.5, 0.6) is 5.75 Å². The van der Waals surface area contributed by atoms with E-state index in [1.54, 1.807) is 24.3 Å². The molecule has 0 bridgehead atoms. The Morgan fingerprint density at radius 2 is 2.12 bits per heavy atom. The number of aromatic hydroxyl groups is 1. The van der Waals surface area contributed by atoms with E-state index in [0.717, 1.165) is 0 Å². The highest BCUT2D eigenvalue weighted by Gasteiger charge is 2.04. The standard InChI is InChI=1S/C14H16O3/c1-2-4-11(9-15)7-8-12-5-3-6-14(17)13(12)10-16/h2-8,10-11,15,17H,9H2,1H3/b4-2+,8-7+/t11-/m0/s1. The van der Waals surface area contributed by atoms with Crippen LogP contribution >= 0.6 is 0 Å². The molecular weight excluding hydrogens is 216 g/mol. The third kappa shape index (κ3) is 3.57. The molecule has 0 amide bonds. The molecule has 2 N–H and O–H groups in total. The molecule has 1 aromatic carbocycles. The van der Waals surface area contributed by atoms with Crippen LogP contribution in [-0.4, -0.2) is 23.1 Å².